The minimum atomic E-state index is -0.0609. The van der Waals surface area contributed by atoms with Gasteiger partial charge < -0.3 is 16.0 Å². The van der Waals surface area contributed by atoms with Crippen LogP contribution < -0.4 is 16.0 Å². The van der Waals surface area contributed by atoms with E-state index in [4.69, 9.17) is 0 Å². The van der Waals surface area contributed by atoms with Gasteiger partial charge in [0.15, 0.2) is 5.96 Å². The van der Waals surface area contributed by atoms with E-state index < -0.39 is 0 Å². The van der Waals surface area contributed by atoms with Crippen molar-refractivity contribution in [1.82, 2.24) is 16.0 Å². The van der Waals surface area contributed by atoms with Crippen molar-refractivity contribution in [3.05, 3.63) is 35.9 Å². The number of hydrogen-bond acceptors (Lipinski definition) is 2. The van der Waals surface area contributed by atoms with E-state index in [2.05, 4.69) is 20.9 Å². The highest BCUT2D eigenvalue weighted by atomic mass is 16.1. The highest BCUT2D eigenvalue weighted by Gasteiger charge is 2.03. The fourth-order valence-electron chi connectivity index (χ4n) is 1.52. The number of nitrogens with one attached hydrogen (secondary N) is 3. The third-order valence-corrected chi connectivity index (χ3v) is 2.39. The van der Waals surface area contributed by atoms with Crippen LogP contribution in [0.15, 0.2) is 35.3 Å². The van der Waals surface area contributed by atoms with Gasteiger partial charge in [-0.15, -0.1) is 0 Å². The highest BCUT2D eigenvalue weighted by Crippen LogP contribution is 1.96. The maximum absolute atomic E-state index is 11.8. The van der Waals surface area contributed by atoms with Crippen molar-refractivity contribution >= 4 is 11.9 Å². The van der Waals surface area contributed by atoms with Crippen molar-refractivity contribution in [2.45, 2.75) is 19.9 Å². The zero-order valence-corrected chi connectivity index (χ0v) is 11.7. The number of carbonyl (C=O) groups excluding carboxylic acids is 1. The molecule has 1 amide bonds. The number of rotatable bonds is 5. The summed E-state index contributed by atoms with van der Waals surface area (Å²) in [7, 11) is 1.72. The number of amides is 1. The standard InChI is InChI=1S/C14H22N4O/c1-11(2)18-14(15-3)17-10-9-16-13(19)12-7-5-4-6-8-12/h4-8,11H,9-10H2,1-3H3,(H,16,19)(H2,15,17,18). The van der Waals surface area contributed by atoms with Gasteiger partial charge in [-0.25, -0.2) is 0 Å². The largest absolute Gasteiger partial charge is 0.355 e. The Morgan fingerprint density at radius 1 is 1.16 bits per heavy atom. The number of aliphatic imine (C=N–C) groups is 1. The van der Waals surface area contributed by atoms with Crippen LogP contribution in [0.2, 0.25) is 0 Å². The van der Waals surface area contributed by atoms with E-state index in [0.717, 1.165) is 5.96 Å². The first kappa shape index (κ1) is 15.0. The first-order valence-corrected chi connectivity index (χ1v) is 6.44. The number of nitrogens with zero attached hydrogens (tertiary/aromatic N) is 1. The summed E-state index contributed by atoms with van der Waals surface area (Å²) in [6.45, 7) is 5.27. The van der Waals surface area contributed by atoms with Crippen molar-refractivity contribution in [3.8, 4) is 0 Å². The van der Waals surface area contributed by atoms with Gasteiger partial charge in [-0.3, -0.25) is 9.79 Å². The minimum Gasteiger partial charge on any atom is -0.355 e. The lowest BCUT2D eigenvalue weighted by molar-refractivity contribution is 0.0954. The van der Waals surface area contributed by atoms with Gasteiger partial charge in [-0.05, 0) is 26.0 Å². The zero-order valence-electron chi connectivity index (χ0n) is 11.7. The van der Waals surface area contributed by atoms with Crippen LogP contribution in [0.25, 0.3) is 0 Å². The molecule has 5 nitrogen and oxygen atoms in total. The normalized spacial score (nSPS) is 11.3. The van der Waals surface area contributed by atoms with Crippen LogP contribution in [0.5, 0.6) is 0 Å². The number of benzene rings is 1. The van der Waals surface area contributed by atoms with Crippen molar-refractivity contribution in [2.24, 2.45) is 4.99 Å². The second-order valence-corrected chi connectivity index (χ2v) is 4.42. The Hall–Kier alpha value is -2.04. The molecule has 3 N–H and O–H groups in total. The Balaban J connectivity index is 2.26. The molecule has 0 bridgehead atoms. The Labute approximate surface area is 114 Å². The first-order chi connectivity index (χ1) is 9.13. The molecule has 0 aliphatic heterocycles. The van der Waals surface area contributed by atoms with Gasteiger partial charge in [0.05, 0.1) is 0 Å². The molecule has 0 fully saturated rings. The molecular weight excluding hydrogens is 240 g/mol. The SMILES string of the molecule is CN=C(NCCNC(=O)c1ccccc1)NC(C)C. The second-order valence-electron chi connectivity index (χ2n) is 4.42. The molecule has 1 aromatic carbocycles. The van der Waals surface area contributed by atoms with Crippen LogP contribution >= 0.6 is 0 Å². The number of carbonyl (C=O) groups is 1. The lowest BCUT2D eigenvalue weighted by atomic mass is 10.2. The molecule has 0 aromatic heterocycles. The highest BCUT2D eigenvalue weighted by molar-refractivity contribution is 5.94. The molecule has 0 atom stereocenters. The van der Waals surface area contributed by atoms with Gasteiger partial charge in [0.25, 0.3) is 5.91 Å². The van der Waals surface area contributed by atoms with Crippen LogP contribution in [0.3, 0.4) is 0 Å². The Bertz CT molecular complexity index is 415. The molecular formula is C14H22N4O. The summed E-state index contributed by atoms with van der Waals surface area (Å²) in [6, 6.07) is 9.50. The Kier molecular flexibility index (Phi) is 6.43. The predicted molar refractivity (Wildman–Crippen MR) is 78.4 cm³/mol. The Morgan fingerprint density at radius 3 is 2.37 bits per heavy atom. The van der Waals surface area contributed by atoms with Gasteiger partial charge in [0, 0.05) is 31.7 Å². The summed E-state index contributed by atoms with van der Waals surface area (Å²) >= 11 is 0. The summed E-state index contributed by atoms with van der Waals surface area (Å²) in [4.78, 5) is 15.8. The maximum atomic E-state index is 11.8. The van der Waals surface area contributed by atoms with E-state index in [1.165, 1.54) is 0 Å². The third kappa shape index (κ3) is 5.90. The number of hydrogen-bond donors (Lipinski definition) is 3. The first-order valence-electron chi connectivity index (χ1n) is 6.44. The summed E-state index contributed by atoms with van der Waals surface area (Å²) in [6.07, 6.45) is 0. The summed E-state index contributed by atoms with van der Waals surface area (Å²) in [5.41, 5.74) is 0.673. The van der Waals surface area contributed by atoms with Crippen molar-refractivity contribution in [3.63, 3.8) is 0 Å². The third-order valence-electron chi connectivity index (χ3n) is 2.39. The summed E-state index contributed by atoms with van der Waals surface area (Å²) in [5.74, 6) is 0.679. The quantitative estimate of drug-likeness (QED) is 0.421. The van der Waals surface area contributed by atoms with Gasteiger partial charge in [0.2, 0.25) is 0 Å². The minimum absolute atomic E-state index is 0.0609. The van der Waals surface area contributed by atoms with E-state index in [1.54, 1.807) is 19.2 Å². The monoisotopic (exact) mass is 262 g/mol. The molecule has 5 heteroatoms. The van der Waals surface area contributed by atoms with Crippen molar-refractivity contribution in [1.29, 1.82) is 0 Å². The molecule has 1 aromatic rings. The predicted octanol–water partition coefficient (Wildman–Crippen LogP) is 0.990. The summed E-state index contributed by atoms with van der Waals surface area (Å²) < 4.78 is 0. The molecule has 0 saturated carbocycles. The molecule has 0 aliphatic rings. The molecule has 104 valence electrons. The molecule has 19 heavy (non-hydrogen) atoms. The average Bonchev–Trinajstić information content (AvgIpc) is 2.42. The van der Waals surface area contributed by atoms with Gasteiger partial charge in [0.1, 0.15) is 0 Å². The van der Waals surface area contributed by atoms with Gasteiger partial charge >= 0.3 is 0 Å². The molecule has 0 unspecified atom stereocenters. The van der Waals surface area contributed by atoms with E-state index in [0.29, 0.717) is 24.7 Å². The second kappa shape index (κ2) is 8.13. The van der Waals surface area contributed by atoms with E-state index in [9.17, 15) is 4.79 Å². The van der Waals surface area contributed by atoms with Crippen molar-refractivity contribution < 1.29 is 4.79 Å². The van der Waals surface area contributed by atoms with Crippen LogP contribution in [-0.2, 0) is 0 Å². The number of guanidine groups is 1. The zero-order chi connectivity index (χ0) is 14.1. The summed E-state index contributed by atoms with van der Waals surface area (Å²) in [5, 5.41) is 9.15. The van der Waals surface area contributed by atoms with Crippen LogP contribution in [0.4, 0.5) is 0 Å². The van der Waals surface area contributed by atoms with Gasteiger partial charge in [-0.2, -0.15) is 0 Å². The fraction of sp³-hybridized carbons (Fsp3) is 0.429. The van der Waals surface area contributed by atoms with E-state index in [1.807, 2.05) is 32.0 Å². The van der Waals surface area contributed by atoms with Crippen LogP contribution in [0.1, 0.15) is 24.2 Å². The maximum Gasteiger partial charge on any atom is 0.251 e. The van der Waals surface area contributed by atoms with E-state index in [-0.39, 0.29) is 5.91 Å². The average molecular weight is 262 g/mol. The smallest absolute Gasteiger partial charge is 0.251 e. The molecule has 0 spiro atoms. The molecule has 0 radical (unpaired) electrons. The van der Waals surface area contributed by atoms with Gasteiger partial charge in [-0.1, -0.05) is 18.2 Å². The van der Waals surface area contributed by atoms with E-state index >= 15 is 0 Å². The van der Waals surface area contributed by atoms with Crippen LogP contribution in [-0.4, -0.2) is 38.0 Å². The molecule has 0 saturated heterocycles. The lowest BCUT2D eigenvalue weighted by Crippen LogP contribution is -2.44. The molecule has 1 rings (SSSR count). The van der Waals surface area contributed by atoms with Crippen LogP contribution in [0, 0.1) is 0 Å². The molecule has 0 heterocycles. The van der Waals surface area contributed by atoms with Crippen molar-refractivity contribution in [2.75, 3.05) is 20.1 Å². The topological polar surface area (TPSA) is 65.5 Å². The lowest BCUT2D eigenvalue weighted by Gasteiger charge is -2.14. The molecule has 0 aliphatic carbocycles. The fourth-order valence-corrected chi connectivity index (χ4v) is 1.52. The Morgan fingerprint density at radius 2 is 1.79 bits per heavy atom.